The van der Waals surface area contributed by atoms with Crippen molar-refractivity contribution in [2.45, 2.75) is 19.3 Å². The minimum Gasteiger partial charge on any atom is -0.380 e. The van der Waals surface area contributed by atoms with Crippen LogP contribution in [0.1, 0.15) is 24.8 Å². The average molecular weight is 376 g/mol. The zero-order valence-corrected chi connectivity index (χ0v) is 14.7. The lowest BCUT2D eigenvalue weighted by Gasteiger charge is -2.14. The van der Waals surface area contributed by atoms with E-state index in [2.05, 4.69) is 5.16 Å². The second-order valence-corrected chi connectivity index (χ2v) is 6.62. The van der Waals surface area contributed by atoms with Crippen molar-refractivity contribution < 1.29 is 19.2 Å². The van der Waals surface area contributed by atoms with E-state index < -0.39 is 5.97 Å². The Hall–Kier alpha value is -2.67. The monoisotopic (exact) mass is 375 g/mol. The molecule has 0 spiro atoms. The number of hydrogen-bond donors (Lipinski definition) is 1. The van der Waals surface area contributed by atoms with E-state index in [0.717, 1.165) is 4.90 Å². The molecule has 1 saturated heterocycles. The first-order valence-corrected chi connectivity index (χ1v) is 8.64. The van der Waals surface area contributed by atoms with Crippen molar-refractivity contribution in [3.8, 4) is 0 Å². The lowest BCUT2D eigenvalue weighted by Crippen LogP contribution is -2.33. The summed E-state index contributed by atoms with van der Waals surface area (Å²) < 4.78 is 0. The summed E-state index contributed by atoms with van der Waals surface area (Å²) in [5.74, 6) is -1.69. The van der Waals surface area contributed by atoms with Crippen molar-refractivity contribution in [1.29, 1.82) is 0 Å². The molecule has 0 unspecified atom stereocenters. The van der Waals surface area contributed by atoms with Crippen molar-refractivity contribution in [3.63, 3.8) is 0 Å². The molecule has 1 aliphatic heterocycles. The third kappa shape index (κ3) is 3.77. The number of rotatable bonds is 5. The summed E-state index contributed by atoms with van der Waals surface area (Å²) in [6.07, 6.45) is 4.83. The van der Waals surface area contributed by atoms with Crippen LogP contribution in [0, 0.1) is 11.8 Å². The zero-order valence-electron chi connectivity index (χ0n) is 13.9. The highest BCUT2D eigenvalue weighted by Gasteiger charge is 2.46. The Labute approximate surface area is 155 Å². The van der Waals surface area contributed by atoms with Gasteiger partial charge in [0.25, 0.3) is 0 Å². The van der Waals surface area contributed by atoms with Gasteiger partial charge in [0, 0.05) is 17.1 Å². The van der Waals surface area contributed by atoms with Crippen LogP contribution < -0.4 is 5.73 Å². The Morgan fingerprint density at radius 1 is 1.15 bits per heavy atom. The Morgan fingerprint density at radius 2 is 1.73 bits per heavy atom. The van der Waals surface area contributed by atoms with Gasteiger partial charge in [-0.05, 0) is 37.1 Å². The predicted molar refractivity (Wildman–Crippen MR) is 95.0 cm³/mol. The lowest BCUT2D eigenvalue weighted by atomic mass is 9.85. The number of fused-ring (bicyclic) bond motifs is 1. The fourth-order valence-corrected chi connectivity index (χ4v) is 3.24. The number of amides is 2. The van der Waals surface area contributed by atoms with E-state index in [1.165, 1.54) is 0 Å². The number of nitrogens with two attached hydrogens (primary N) is 1. The molecule has 26 heavy (non-hydrogen) atoms. The van der Waals surface area contributed by atoms with E-state index in [0.29, 0.717) is 23.4 Å². The summed E-state index contributed by atoms with van der Waals surface area (Å²) in [7, 11) is 0. The number of amidine groups is 1. The third-order valence-corrected chi connectivity index (χ3v) is 4.78. The molecule has 2 amide bonds. The van der Waals surface area contributed by atoms with E-state index in [9.17, 15) is 14.4 Å². The number of carbonyl (C=O) groups is 3. The molecule has 0 aromatic heterocycles. The molecule has 1 aliphatic carbocycles. The molecule has 2 atom stereocenters. The molecule has 8 heteroatoms. The number of hydrogen-bond acceptors (Lipinski definition) is 5. The Kier molecular flexibility index (Phi) is 5.37. The van der Waals surface area contributed by atoms with Gasteiger partial charge in [0.05, 0.1) is 18.3 Å². The SMILES string of the molecule is N/C(=N/OC(=O)CCN1C(=O)[C@H]2CC=CC[C@@H]2C1=O)c1ccc(Cl)cc1. The minimum absolute atomic E-state index is 0.0140. The van der Waals surface area contributed by atoms with Gasteiger partial charge in [-0.3, -0.25) is 14.5 Å². The first-order valence-electron chi connectivity index (χ1n) is 8.27. The lowest BCUT2D eigenvalue weighted by molar-refractivity contribution is -0.145. The van der Waals surface area contributed by atoms with E-state index in [1.807, 2.05) is 12.2 Å². The van der Waals surface area contributed by atoms with Gasteiger partial charge in [-0.1, -0.05) is 28.9 Å². The van der Waals surface area contributed by atoms with Crippen LogP contribution in [-0.4, -0.2) is 35.1 Å². The van der Waals surface area contributed by atoms with Crippen molar-refractivity contribution in [2.75, 3.05) is 6.54 Å². The summed E-state index contributed by atoms with van der Waals surface area (Å²) >= 11 is 5.79. The third-order valence-electron chi connectivity index (χ3n) is 4.52. The molecule has 2 N–H and O–H groups in total. The van der Waals surface area contributed by atoms with Gasteiger partial charge >= 0.3 is 5.97 Å². The molecular formula is C18H18ClN3O4. The van der Waals surface area contributed by atoms with Gasteiger partial charge in [-0.15, -0.1) is 0 Å². The van der Waals surface area contributed by atoms with Crippen LogP contribution in [0.2, 0.25) is 5.02 Å². The Morgan fingerprint density at radius 3 is 2.31 bits per heavy atom. The number of imide groups is 1. The summed E-state index contributed by atoms with van der Waals surface area (Å²) in [5.41, 5.74) is 6.30. The molecule has 3 rings (SSSR count). The van der Waals surface area contributed by atoms with Crippen molar-refractivity contribution >= 4 is 35.2 Å². The number of oxime groups is 1. The molecule has 0 radical (unpaired) electrons. The van der Waals surface area contributed by atoms with Crippen LogP contribution >= 0.6 is 11.6 Å². The van der Waals surface area contributed by atoms with Gasteiger partial charge in [0.1, 0.15) is 0 Å². The summed E-state index contributed by atoms with van der Waals surface area (Å²) in [5, 5.41) is 4.13. The Balaban J connectivity index is 1.53. The molecule has 0 saturated carbocycles. The van der Waals surface area contributed by atoms with Gasteiger partial charge < -0.3 is 10.6 Å². The average Bonchev–Trinajstić information content (AvgIpc) is 2.89. The van der Waals surface area contributed by atoms with E-state index in [4.69, 9.17) is 22.2 Å². The number of nitrogens with zero attached hydrogens (tertiary/aromatic N) is 2. The van der Waals surface area contributed by atoms with Crippen molar-refractivity contribution in [1.82, 2.24) is 4.90 Å². The molecule has 1 heterocycles. The van der Waals surface area contributed by atoms with E-state index >= 15 is 0 Å². The van der Waals surface area contributed by atoms with E-state index in [1.54, 1.807) is 24.3 Å². The second-order valence-electron chi connectivity index (χ2n) is 6.18. The maximum Gasteiger partial charge on any atom is 0.336 e. The number of halogens is 1. The molecule has 1 aromatic rings. The van der Waals surface area contributed by atoms with Crippen molar-refractivity contribution in [3.05, 3.63) is 47.0 Å². The number of likely N-dealkylation sites (tertiary alicyclic amines) is 1. The van der Waals surface area contributed by atoms with Crippen LogP contribution in [0.25, 0.3) is 0 Å². The largest absolute Gasteiger partial charge is 0.380 e. The quantitative estimate of drug-likeness (QED) is 0.211. The van der Waals surface area contributed by atoms with Crippen LogP contribution in [0.3, 0.4) is 0 Å². The van der Waals surface area contributed by atoms with Gasteiger partial charge in [-0.2, -0.15) is 0 Å². The van der Waals surface area contributed by atoms with Gasteiger partial charge in [0.2, 0.25) is 11.8 Å². The van der Waals surface area contributed by atoms with Gasteiger partial charge in [-0.25, -0.2) is 4.79 Å². The molecule has 1 fully saturated rings. The first-order chi connectivity index (χ1) is 12.5. The molecule has 0 bridgehead atoms. The molecule has 136 valence electrons. The first kappa shape index (κ1) is 18.1. The smallest absolute Gasteiger partial charge is 0.336 e. The van der Waals surface area contributed by atoms with Crippen LogP contribution in [0.4, 0.5) is 0 Å². The highest BCUT2D eigenvalue weighted by atomic mass is 35.5. The normalized spacial score (nSPS) is 22.5. The number of carbonyl (C=O) groups excluding carboxylic acids is 3. The van der Waals surface area contributed by atoms with Crippen LogP contribution in [0.15, 0.2) is 41.6 Å². The maximum absolute atomic E-state index is 12.3. The molecule has 2 aliphatic rings. The van der Waals surface area contributed by atoms with E-state index in [-0.39, 0.29) is 42.5 Å². The van der Waals surface area contributed by atoms with Crippen molar-refractivity contribution in [2.24, 2.45) is 22.7 Å². The zero-order chi connectivity index (χ0) is 18.7. The number of allylic oxidation sites excluding steroid dienone is 2. The molecular weight excluding hydrogens is 358 g/mol. The fraction of sp³-hybridized carbons (Fsp3) is 0.333. The van der Waals surface area contributed by atoms with Crippen LogP contribution in [0.5, 0.6) is 0 Å². The molecule has 1 aromatic carbocycles. The summed E-state index contributed by atoms with van der Waals surface area (Å²) in [6, 6.07) is 6.57. The summed E-state index contributed by atoms with van der Waals surface area (Å²) in [6.45, 7) is -0.0140. The van der Waals surface area contributed by atoms with Crippen LogP contribution in [-0.2, 0) is 19.2 Å². The maximum atomic E-state index is 12.3. The topological polar surface area (TPSA) is 102 Å². The standard InChI is InChI=1S/C18H18ClN3O4/c19-12-7-5-11(6-8-12)16(20)21-26-15(23)9-10-22-17(24)13-3-1-2-4-14(13)18(22)25/h1-2,5-8,13-14H,3-4,9-10H2,(H2,20,21)/t13-,14-/m0/s1. The minimum atomic E-state index is -0.671. The number of benzene rings is 1. The highest BCUT2D eigenvalue weighted by molar-refractivity contribution is 6.30. The predicted octanol–water partition coefficient (Wildman–Crippen LogP) is 1.84. The second kappa shape index (κ2) is 7.70. The summed E-state index contributed by atoms with van der Waals surface area (Å²) in [4.78, 5) is 42.4. The van der Waals surface area contributed by atoms with Gasteiger partial charge in [0.15, 0.2) is 5.84 Å². The fourth-order valence-electron chi connectivity index (χ4n) is 3.11. The Bertz CT molecular complexity index is 762. The molecule has 7 nitrogen and oxygen atoms in total. The highest BCUT2D eigenvalue weighted by Crippen LogP contribution is 2.34.